The van der Waals surface area contributed by atoms with Gasteiger partial charge in [-0.15, -0.1) is 0 Å². The standard InChI is InChI=1S/C21H20N2O4/c1-14-9-10-16(12-15(14)2)27-13-20(24)22-17-6-3-4-7-18(17)23-21(25)19-8-5-11-26-19/h3-12H,13H2,1-2H3,(H,22,24)(H,23,25). The van der Waals surface area contributed by atoms with Crippen LogP contribution in [-0.2, 0) is 4.79 Å². The molecule has 0 atom stereocenters. The molecule has 2 N–H and O–H groups in total. The zero-order valence-corrected chi connectivity index (χ0v) is 15.1. The summed E-state index contributed by atoms with van der Waals surface area (Å²) < 4.78 is 10.6. The van der Waals surface area contributed by atoms with Gasteiger partial charge in [-0.2, -0.15) is 0 Å². The summed E-state index contributed by atoms with van der Waals surface area (Å²) >= 11 is 0. The normalized spacial score (nSPS) is 10.3. The van der Waals surface area contributed by atoms with Gasteiger partial charge >= 0.3 is 0 Å². The Labute approximate surface area is 157 Å². The molecule has 27 heavy (non-hydrogen) atoms. The molecule has 6 nitrogen and oxygen atoms in total. The molecule has 0 saturated heterocycles. The molecule has 0 aliphatic carbocycles. The Morgan fingerprint density at radius 1 is 0.926 bits per heavy atom. The van der Waals surface area contributed by atoms with Gasteiger partial charge in [0.05, 0.1) is 17.6 Å². The third kappa shape index (κ3) is 4.76. The summed E-state index contributed by atoms with van der Waals surface area (Å²) in [7, 11) is 0. The summed E-state index contributed by atoms with van der Waals surface area (Å²) in [5.41, 5.74) is 3.21. The maximum absolute atomic E-state index is 12.2. The zero-order chi connectivity index (χ0) is 19.2. The fourth-order valence-electron chi connectivity index (χ4n) is 2.43. The van der Waals surface area contributed by atoms with Crippen LogP contribution in [0.3, 0.4) is 0 Å². The maximum Gasteiger partial charge on any atom is 0.291 e. The molecule has 0 fully saturated rings. The van der Waals surface area contributed by atoms with E-state index in [0.29, 0.717) is 17.1 Å². The Hall–Kier alpha value is -3.54. The number of aryl methyl sites for hydroxylation is 2. The molecule has 0 aliphatic heterocycles. The largest absolute Gasteiger partial charge is 0.484 e. The van der Waals surface area contributed by atoms with Gasteiger partial charge in [0, 0.05) is 0 Å². The average molecular weight is 364 g/mol. The van der Waals surface area contributed by atoms with E-state index in [1.165, 1.54) is 6.26 Å². The van der Waals surface area contributed by atoms with E-state index in [0.717, 1.165) is 11.1 Å². The maximum atomic E-state index is 12.2. The fraction of sp³-hybridized carbons (Fsp3) is 0.143. The average Bonchev–Trinajstić information content (AvgIpc) is 3.19. The first kappa shape index (κ1) is 18.3. The summed E-state index contributed by atoms with van der Waals surface area (Å²) in [6.07, 6.45) is 1.42. The highest BCUT2D eigenvalue weighted by Gasteiger charge is 2.13. The number of anilines is 2. The molecule has 0 unspecified atom stereocenters. The van der Waals surface area contributed by atoms with Crippen LogP contribution in [0.25, 0.3) is 0 Å². The Balaban J connectivity index is 1.62. The monoisotopic (exact) mass is 364 g/mol. The van der Waals surface area contributed by atoms with Gasteiger partial charge in [-0.1, -0.05) is 18.2 Å². The van der Waals surface area contributed by atoms with E-state index in [1.54, 1.807) is 36.4 Å². The molecule has 3 rings (SSSR count). The molecule has 1 aromatic heterocycles. The summed E-state index contributed by atoms with van der Waals surface area (Å²) in [6, 6.07) is 15.8. The van der Waals surface area contributed by atoms with E-state index in [1.807, 2.05) is 32.0 Å². The van der Waals surface area contributed by atoms with Crippen molar-refractivity contribution in [2.45, 2.75) is 13.8 Å². The molecule has 0 spiro atoms. The Morgan fingerprint density at radius 3 is 2.33 bits per heavy atom. The Bertz CT molecular complexity index is 949. The van der Waals surface area contributed by atoms with Crippen molar-refractivity contribution in [3.05, 3.63) is 77.7 Å². The number of furan rings is 1. The number of benzene rings is 2. The van der Waals surface area contributed by atoms with Crippen LogP contribution in [0.1, 0.15) is 21.7 Å². The number of carbonyl (C=O) groups is 2. The van der Waals surface area contributed by atoms with Gasteiger partial charge in [0.25, 0.3) is 11.8 Å². The summed E-state index contributed by atoms with van der Waals surface area (Å²) in [6.45, 7) is 3.86. The van der Waals surface area contributed by atoms with Crippen LogP contribution in [-0.4, -0.2) is 18.4 Å². The third-order valence-corrected chi connectivity index (χ3v) is 4.04. The molecule has 3 aromatic rings. The lowest BCUT2D eigenvalue weighted by atomic mass is 10.1. The highest BCUT2D eigenvalue weighted by Crippen LogP contribution is 2.22. The van der Waals surface area contributed by atoms with Crippen molar-refractivity contribution in [2.75, 3.05) is 17.2 Å². The number of carbonyl (C=O) groups excluding carboxylic acids is 2. The smallest absolute Gasteiger partial charge is 0.291 e. The number of nitrogens with one attached hydrogen (secondary N) is 2. The quantitative estimate of drug-likeness (QED) is 0.688. The molecule has 2 amide bonds. The molecule has 138 valence electrons. The van der Waals surface area contributed by atoms with E-state index in [-0.39, 0.29) is 18.3 Å². The number of para-hydroxylation sites is 2. The van der Waals surface area contributed by atoms with E-state index in [9.17, 15) is 9.59 Å². The number of ether oxygens (including phenoxy) is 1. The molecule has 0 aliphatic rings. The predicted molar refractivity (Wildman–Crippen MR) is 103 cm³/mol. The van der Waals surface area contributed by atoms with Crippen molar-refractivity contribution in [3.8, 4) is 5.75 Å². The van der Waals surface area contributed by atoms with Crippen LogP contribution in [0.5, 0.6) is 5.75 Å². The van der Waals surface area contributed by atoms with Gasteiger partial charge in [-0.3, -0.25) is 9.59 Å². The van der Waals surface area contributed by atoms with Gasteiger partial charge < -0.3 is 19.8 Å². The Kier molecular flexibility index (Phi) is 5.56. The van der Waals surface area contributed by atoms with Gasteiger partial charge in [-0.05, 0) is 61.4 Å². The van der Waals surface area contributed by atoms with Crippen molar-refractivity contribution < 1.29 is 18.7 Å². The Morgan fingerprint density at radius 2 is 1.67 bits per heavy atom. The second kappa shape index (κ2) is 8.23. The van der Waals surface area contributed by atoms with Crippen LogP contribution >= 0.6 is 0 Å². The second-order valence-electron chi connectivity index (χ2n) is 6.06. The van der Waals surface area contributed by atoms with Crippen molar-refractivity contribution in [1.29, 1.82) is 0 Å². The fourth-order valence-corrected chi connectivity index (χ4v) is 2.43. The van der Waals surface area contributed by atoms with Gasteiger partial charge in [0.2, 0.25) is 0 Å². The summed E-state index contributed by atoms with van der Waals surface area (Å²) in [5.74, 6) is 0.0999. The second-order valence-corrected chi connectivity index (χ2v) is 6.06. The zero-order valence-electron chi connectivity index (χ0n) is 15.1. The summed E-state index contributed by atoms with van der Waals surface area (Å²) in [4.78, 5) is 24.4. The molecule has 6 heteroatoms. The van der Waals surface area contributed by atoms with Gasteiger partial charge in [0.1, 0.15) is 5.75 Å². The van der Waals surface area contributed by atoms with E-state index in [4.69, 9.17) is 9.15 Å². The minimum Gasteiger partial charge on any atom is -0.484 e. The number of rotatable bonds is 6. The van der Waals surface area contributed by atoms with Crippen LogP contribution in [0, 0.1) is 13.8 Å². The topological polar surface area (TPSA) is 80.6 Å². The van der Waals surface area contributed by atoms with Crippen LogP contribution in [0.15, 0.2) is 65.3 Å². The van der Waals surface area contributed by atoms with E-state index >= 15 is 0 Å². The molecular formula is C21H20N2O4. The summed E-state index contributed by atoms with van der Waals surface area (Å²) in [5, 5.41) is 5.47. The molecule has 0 radical (unpaired) electrons. The highest BCUT2D eigenvalue weighted by molar-refractivity contribution is 6.05. The van der Waals surface area contributed by atoms with E-state index in [2.05, 4.69) is 10.6 Å². The lowest BCUT2D eigenvalue weighted by Crippen LogP contribution is -2.21. The molecule has 0 saturated carbocycles. The molecule has 0 bridgehead atoms. The van der Waals surface area contributed by atoms with Gasteiger partial charge in [0.15, 0.2) is 12.4 Å². The van der Waals surface area contributed by atoms with Crippen LogP contribution in [0.2, 0.25) is 0 Å². The first-order valence-electron chi connectivity index (χ1n) is 8.47. The van der Waals surface area contributed by atoms with Crippen molar-refractivity contribution in [3.63, 3.8) is 0 Å². The third-order valence-electron chi connectivity index (χ3n) is 4.04. The molecule has 1 heterocycles. The minimum atomic E-state index is -0.395. The number of hydrogen-bond acceptors (Lipinski definition) is 4. The minimum absolute atomic E-state index is 0.136. The SMILES string of the molecule is Cc1ccc(OCC(=O)Nc2ccccc2NC(=O)c2ccco2)cc1C. The first-order chi connectivity index (χ1) is 13.0. The first-order valence-corrected chi connectivity index (χ1v) is 8.47. The lowest BCUT2D eigenvalue weighted by Gasteiger charge is -2.12. The molecular weight excluding hydrogens is 344 g/mol. The van der Waals surface area contributed by atoms with Crippen molar-refractivity contribution in [2.24, 2.45) is 0 Å². The van der Waals surface area contributed by atoms with E-state index < -0.39 is 5.91 Å². The predicted octanol–water partition coefficient (Wildman–Crippen LogP) is 4.17. The van der Waals surface area contributed by atoms with Crippen LogP contribution in [0.4, 0.5) is 11.4 Å². The highest BCUT2D eigenvalue weighted by atomic mass is 16.5. The number of amides is 2. The van der Waals surface area contributed by atoms with Crippen LogP contribution < -0.4 is 15.4 Å². The lowest BCUT2D eigenvalue weighted by molar-refractivity contribution is -0.118. The van der Waals surface area contributed by atoms with Crippen molar-refractivity contribution in [1.82, 2.24) is 0 Å². The number of hydrogen-bond donors (Lipinski definition) is 2. The van der Waals surface area contributed by atoms with Crippen molar-refractivity contribution >= 4 is 23.2 Å². The van der Waals surface area contributed by atoms with Gasteiger partial charge in [-0.25, -0.2) is 0 Å². The molecule has 2 aromatic carbocycles.